The number of aliphatic carboxylic acids is 1. The number of nitrogens with zero attached hydrogens (tertiary/aromatic N) is 1. The highest BCUT2D eigenvalue weighted by atomic mass is 16.6. The van der Waals surface area contributed by atoms with E-state index in [4.69, 9.17) is 18.3 Å². The van der Waals surface area contributed by atoms with Crippen molar-refractivity contribution in [3.05, 3.63) is 46.4 Å². The van der Waals surface area contributed by atoms with Crippen molar-refractivity contribution in [1.82, 2.24) is 4.90 Å². The summed E-state index contributed by atoms with van der Waals surface area (Å²) in [4.78, 5) is 67.7. The van der Waals surface area contributed by atoms with Crippen LogP contribution in [-0.4, -0.2) is 59.9 Å². The number of hydrogen-bond acceptors (Lipinski definition) is 10. The van der Waals surface area contributed by atoms with E-state index in [0.29, 0.717) is 45.1 Å². The third-order valence-electron chi connectivity index (χ3n) is 15.5. The lowest BCUT2D eigenvalue weighted by molar-refractivity contribution is -0.209. The molecule has 11 nitrogen and oxygen atoms in total. The predicted molar refractivity (Wildman–Crippen MR) is 198 cm³/mol. The van der Waals surface area contributed by atoms with Gasteiger partial charge in [-0.1, -0.05) is 39.3 Å². The molecule has 1 heterocycles. The highest BCUT2D eigenvalue weighted by Crippen LogP contribution is 2.72. The summed E-state index contributed by atoms with van der Waals surface area (Å²) in [5.74, 6) is -2.70. The van der Waals surface area contributed by atoms with Gasteiger partial charge in [-0.2, -0.15) is 0 Å². The molecule has 0 radical (unpaired) electrons. The molecule has 4 aliphatic rings. The number of carbonyl (C=O) groups excluding carboxylic acids is 3. The molecule has 1 aromatic heterocycles. The Morgan fingerprint density at radius 1 is 0.962 bits per heavy atom. The highest BCUT2D eigenvalue weighted by Gasteiger charge is 2.70. The molecule has 4 aliphatic carbocycles. The first-order chi connectivity index (χ1) is 24.6. The van der Waals surface area contributed by atoms with Gasteiger partial charge >= 0.3 is 23.7 Å². The monoisotopic (exact) mass is 739 g/mol. The van der Waals surface area contributed by atoms with Gasteiger partial charge in [0.2, 0.25) is 0 Å². The molecule has 0 bridgehead atoms. The molecular formula is C42H61NO10. The van der Waals surface area contributed by atoms with E-state index in [1.807, 2.05) is 24.8 Å². The van der Waals surface area contributed by atoms with Gasteiger partial charge in [0.25, 0.3) is 0 Å². The van der Waals surface area contributed by atoms with Gasteiger partial charge in [-0.05, 0) is 126 Å². The lowest BCUT2D eigenvalue weighted by Gasteiger charge is -2.68. The van der Waals surface area contributed by atoms with Crippen molar-refractivity contribution in [3.63, 3.8) is 0 Å². The third-order valence-corrected chi connectivity index (χ3v) is 15.5. The first-order valence-electron chi connectivity index (χ1n) is 19.3. The average molecular weight is 740 g/mol. The quantitative estimate of drug-likeness (QED) is 0.168. The zero-order valence-corrected chi connectivity index (χ0v) is 33.4. The molecule has 0 aliphatic heterocycles. The fourth-order valence-corrected chi connectivity index (χ4v) is 11.5. The Morgan fingerprint density at radius 2 is 1.62 bits per heavy atom. The van der Waals surface area contributed by atoms with Gasteiger partial charge in [0, 0.05) is 18.5 Å². The van der Waals surface area contributed by atoms with E-state index >= 15 is 0 Å². The highest BCUT2D eigenvalue weighted by molar-refractivity contribution is 5.95. The summed E-state index contributed by atoms with van der Waals surface area (Å²) in [6.07, 6.45) is 11.0. The summed E-state index contributed by atoms with van der Waals surface area (Å²) in [7, 11) is 1.34. The summed E-state index contributed by atoms with van der Waals surface area (Å²) >= 11 is 0. The van der Waals surface area contributed by atoms with E-state index in [2.05, 4.69) is 41.2 Å². The van der Waals surface area contributed by atoms with Gasteiger partial charge in [0.1, 0.15) is 0 Å². The topological polar surface area (TPSA) is 154 Å². The molecule has 1 N–H and O–H groups in total. The summed E-state index contributed by atoms with van der Waals surface area (Å²) in [5, 5.41) is 9.86. The standard InChI is InChI=1S/C42H61NO10/c1-11-22-43(24-32(45)50-10)31-13-14-39(6)30(42(31,9)35(48)51-25-29-27(3)52-36(49)53-29)12-15-41(8)33(39)28(44)23-26(2)40(41,7)21-18-37(4)16-19-38(5,20-17-37)34(46)47/h11,23,30-31,33H,1,12-22,24-25H2,2-10H3,(H,46,47)/t30?,31-,33+,37?,38?,39-,40+,41+,42-/m0/s1. The first-order valence-corrected chi connectivity index (χ1v) is 19.3. The zero-order valence-electron chi connectivity index (χ0n) is 33.4. The molecule has 294 valence electrons. The number of methoxy groups -OCH3 is 1. The van der Waals surface area contributed by atoms with Crippen LogP contribution in [0.5, 0.6) is 0 Å². The predicted octanol–water partition coefficient (Wildman–Crippen LogP) is 7.44. The number of carbonyl (C=O) groups is 4. The van der Waals surface area contributed by atoms with Gasteiger partial charge in [-0.15, -0.1) is 6.58 Å². The minimum Gasteiger partial charge on any atom is -0.481 e. The number of allylic oxidation sites excluding steroid dienone is 2. The van der Waals surface area contributed by atoms with Crippen LogP contribution in [0.1, 0.15) is 124 Å². The zero-order chi connectivity index (χ0) is 39.4. The normalized spacial score (nSPS) is 38.3. The van der Waals surface area contributed by atoms with Crippen molar-refractivity contribution < 1.29 is 42.6 Å². The van der Waals surface area contributed by atoms with E-state index < -0.39 is 51.4 Å². The molecule has 3 saturated carbocycles. The molecule has 3 fully saturated rings. The number of carboxylic acids is 1. The number of ketones is 1. The second-order valence-corrected chi connectivity index (χ2v) is 18.3. The maximum absolute atomic E-state index is 14.7. The minimum atomic E-state index is -1.16. The van der Waals surface area contributed by atoms with Crippen LogP contribution in [0.3, 0.4) is 0 Å². The molecule has 53 heavy (non-hydrogen) atoms. The van der Waals surface area contributed by atoms with Gasteiger partial charge < -0.3 is 23.4 Å². The lowest BCUT2D eigenvalue weighted by Crippen LogP contribution is -2.69. The number of carboxylic acid groups (broad SMARTS) is 1. The number of esters is 2. The number of aryl methyl sites for hydroxylation is 1. The van der Waals surface area contributed by atoms with E-state index in [-0.39, 0.29) is 53.1 Å². The van der Waals surface area contributed by atoms with Crippen LogP contribution in [0.2, 0.25) is 0 Å². The Labute approximate surface area is 313 Å². The molecule has 0 amide bonds. The van der Waals surface area contributed by atoms with Gasteiger partial charge in [-0.3, -0.25) is 24.1 Å². The second kappa shape index (κ2) is 14.3. The van der Waals surface area contributed by atoms with Crippen LogP contribution in [0.15, 0.2) is 37.9 Å². The maximum Gasteiger partial charge on any atom is 0.519 e. The lowest BCUT2D eigenvalue weighted by atomic mass is 9.35. The first kappa shape index (κ1) is 40.7. The molecule has 1 unspecified atom stereocenters. The van der Waals surface area contributed by atoms with E-state index in [0.717, 1.165) is 31.3 Å². The minimum absolute atomic E-state index is 0.00772. The van der Waals surface area contributed by atoms with Crippen molar-refractivity contribution in [2.75, 3.05) is 20.2 Å². The van der Waals surface area contributed by atoms with Gasteiger partial charge in [0.15, 0.2) is 23.9 Å². The molecular weight excluding hydrogens is 678 g/mol. The Hall–Kier alpha value is -3.47. The molecule has 0 spiro atoms. The Morgan fingerprint density at radius 3 is 2.19 bits per heavy atom. The van der Waals surface area contributed by atoms with E-state index in [1.54, 1.807) is 13.0 Å². The summed E-state index contributed by atoms with van der Waals surface area (Å²) in [6, 6.07) is -0.433. The Kier molecular flexibility index (Phi) is 11.0. The summed E-state index contributed by atoms with van der Waals surface area (Å²) in [5.41, 5.74) is -2.06. The van der Waals surface area contributed by atoms with Crippen LogP contribution in [0.25, 0.3) is 0 Å². The number of ether oxygens (including phenoxy) is 2. The molecule has 1 aromatic rings. The van der Waals surface area contributed by atoms with Crippen LogP contribution < -0.4 is 5.82 Å². The Bertz CT molecular complexity index is 1710. The molecule has 0 saturated heterocycles. The van der Waals surface area contributed by atoms with Crippen molar-refractivity contribution in [3.8, 4) is 0 Å². The summed E-state index contributed by atoms with van der Waals surface area (Å²) in [6.45, 7) is 20.5. The fourth-order valence-electron chi connectivity index (χ4n) is 11.5. The SMILES string of the molecule is C=CCN(CC(=O)OC)[C@H]1CC[C@@]2(C)C(CC[C@]3(C)[C@@H]2C(=O)C=C(C)[C@@]3(C)CCC2(C)CCC(C)(C(=O)O)CC2)[C@]1(C)C(=O)OCc1oc(=O)oc1C. The second-order valence-electron chi connectivity index (χ2n) is 18.3. The van der Waals surface area contributed by atoms with Crippen LogP contribution in [0, 0.1) is 51.2 Å². The van der Waals surface area contributed by atoms with Crippen molar-refractivity contribution in [1.29, 1.82) is 0 Å². The average Bonchev–Trinajstić information content (AvgIpc) is 3.42. The van der Waals surface area contributed by atoms with Gasteiger partial charge in [-0.25, -0.2) is 4.79 Å². The van der Waals surface area contributed by atoms with Crippen LogP contribution >= 0.6 is 0 Å². The molecule has 5 rings (SSSR count). The smallest absolute Gasteiger partial charge is 0.481 e. The summed E-state index contributed by atoms with van der Waals surface area (Å²) < 4.78 is 21.2. The molecule has 0 aromatic carbocycles. The van der Waals surface area contributed by atoms with E-state index in [9.17, 15) is 29.1 Å². The van der Waals surface area contributed by atoms with Crippen LogP contribution in [-0.2, 0) is 35.3 Å². The number of hydrogen-bond donors (Lipinski definition) is 1. The maximum atomic E-state index is 14.7. The third kappa shape index (κ3) is 6.78. The Balaban J connectivity index is 1.51. The van der Waals surface area contributed by atoms with Crippen molar-refractivity contribution >= 4 is 23.7 Å². The van der Waals surface area contributed by atoms with Crippen molar-refractivity contribution in [2.45, 2.75) is 132 Å². The fraction of sp³-hybridized carbons (Fsp3) is 0.738. The van der Waals surface area contributed by atoms with Crippen molar-refractivity contribution in [2.24, 2.45) is 44.3 Å². The van der Waals surface area contributed by atoms with E-state index in [1.165, 1.54) is 7.11 Å². The number of fused-ring (bicyclic) bond motifs is 3. The van der Waals surface area contributed by atoms with Crippen LogP contribution in [0.4, 0.5) is 0 Å². The largest absolute Gasteiger partial charge is 0.519 e. The molecule has 11 heteroatoms. The van der Waals surface area contributed by atoms with Gasteiger partial charge in [0.05, 0.1) is 24.5 Å². The number of rotatable bonds is 12. The molecule has 7 atom stereocenters.